The normalized spacial score (nSPS) is 17.6. The lowest BCUT2D eigenvalue weighted by Gasteiger charge is -2.17. The van der Waals surface area contributed by atoms with E-state index in [0.717, 1.165) is 29.1 Å². The summed E-state index contributed by atoms with van der Waals surface area (Å²) in [5, 5.41) is 10.1. The van der Waals surface area contributed by atoms with E-state index >= 15 is 0 Å². The lowest BCUT2D eigenvalue weighted by molar-refractivity contribution is -0.141. The standard InChI is InChI=1S/C16H22O3S/c1-3-13(17)12-6-4-5-7-14(12)20-11-16(8-9-16)10-15(18)19-2/h4-7,13,17H,3,8-11H2,1-2H3. The summed E-state index contributed by atoms with van der Waals surface area (Å²) in [6.07, 6.45) is 3.00. The highest BCUT2D eigenvalue weighted by atomic mass is 32.2. The summed E-state index contributed by atoms with van der Waals surface area (Å²) in [4.78, 5) is 12.6. The Balaban J connectivity index is 1.99. The van der Waals surface area contributed by atoms with Crippen molar-refractivity contribution in [3.8, 4) is 0 Å². The molecule has 1 aromatic rings. The van der Waals surface area contributed by atoms with E-state index in [1.807, 2.05) is 31.2 Å². The monoisotopic (exact) mass is 294 g/mol. The number of hydrogen-bond donors (Lipinski definition) is 1. The van der Waals surface area contributed by atoms with Gasteiger partial charge < -0.3 is 9.84 Å². The number of thioether (sulfide) groups is 1. The first-order chi connectivity index (χ1) is 9.60. The molecule has 0 spiro atoms. The fraction of sp³-hybridized carbons (Fsp3) is 0.562. The quantitative estimate of drug-likeness (QED) is 0.617. The summed E-state index contributed by atoms with van der Waals surface area (Å²) in [7, 11) is 1.44. The molecule has 1 saturated carbocycles. The van der Waals surface area contributed by atoms with Crippen molar-refractivity contribution in [3.63, 3.8) is 0 Å². The molecule has 1 N–H and O–H groups in total. The zero-order valence-corrected chi connectivity index (χ0v) is 12.9. The van der Waals surface area contributed by atoms with Gasteiger partial charge in [-0.2, -0.15) is 0 Å². The molecule has 0 heterocycles. The van der Waals surface area contributed by atoms with Gasteiger partial charge in [0.2, 0.25) is 0 Å². The van der Waals surface area contributed by atoms with Crippen LogP contribution in [0.25, 0.3) is 0 Å². The molecular weight excluding hydrogens is 272 g/mol. The Labute approximate surface area is 124 Å². The minimum atomic E-state index is -0.408. The van der Waals surface area contributed by atoms with Crippen molar-refractivity contribution in [2.45, 2.75) is 43.6 Å². The van der Waals surface area contributed by atoms with Crippen molar-refractivity contribution in [2.24, 2.45) is 5.41 Å². The van der Waals surface area contributed by atoms with Gasteiger partial charge in [-0.05, 0) is 36.3 Å². The number of aliphatic hydroxyl groups excluding tert-OH is 1. The second-order valence-electron chi connectivity index (χ2n) is 5.50. The van der Waals surface area contributed by atoms with Gasteiger partial charge in [-0.3, -0.25) is 4.79 Å². The summed E-state index contributed by atoms with van der Waals surface area (Å²) in [5.74, 6) is 0.792. The van der Waals surface area contributed by atoms with Crippen molar-refractivity contribution in [3.05, 3.63) is 29.8 Å². The van der Waals surface area contributed by atoms with Gasteiger partial charge in [0.15, 0.2) is 0 Å². The Kier molecular flexibility index (Phi) is 5.11. The van der Waals surface area contributed by atoms with Crippen LogP contribution in [0.3, 0.4) is 0 Å². The molecule has 1 atom stereocenters. The van der Waals surface area contributed by atoms with E-state index in [2.05, 4.69) is 0 Å². The second-order valence-corrected chi connectivity index (χ2v) is 6.52. The van der Waals surface area contributed by atoms with Gasteiger partial charge in [-0.25, -0.2) is 0 Å². The molecule has 3 nitrogen and oxygen atoms in total. The smallest absolute Gasteiger partial charge is 0.306 e. The molecule has 0 aromatic heterocycles. The van der Waals surface area contributed by atoms with Crippen LogP contribution < -0.4 is 0 Å². The Morgan fingerprint density at radius 1 is 1.45 bits per heavy atom. The van der Waals surface area contributed by atoms with Crippen LogP contribution in [0, 0.1) is 5.41 Å². The average molecular weight is 294 g/mol. The highest BCUT2D eigenvalue weighted by Gasteiger charge is 2.44. The zero-order chi connectivity index (χ0) is 14.6. The first-order valence-corrected chi connectivity index (χ1v) is 8.05. The van der Waals surface area contributed by atoms with Crippen LogP contribution in [-0.4, -0.2) is 23.9 Å². The Morgan fingerprint density at radius 3 is 2.75 bits per heavy atom. The molecule has 110 valence electrons. The summed E-state index contributed by atoms with van der Waals surface area (Å²) < 4.78 is 4.77. The summed E-state index contributed by atoms with van der Waals surface area (Å²) in [6.45, 7) is 1.98. The van der Waals surface area contributed by atoms with Crippen LogP contribution in [-0.2, 0) is 9.53 Å². The summed E-state index contributed by atoms with van der Waals surface area (Å²) in [5.41, 5.74) is 1.11. The van der Waals surface area contributed by atoms with Crippen molar-refractivity contribution in [2.75, 3.05) is 12.9 Å². The van der Waals surface area contributed by atoms with Crippen LogP contribution in [0.4, 0.5) is 0 Å². The van der Waals surface area contributed by atoms with E-state index < -0.39 is 6.10 Å². The van der Waals surface area contributed by atoms with Gasteiger partial charge in [0, 0.05) is 10.6 Å². The van der Waals surface area contributed by atoms with Gasteiger partial charge in [0.05, 0.1) is 19.6 Å². The number of hydrogen-bond acceptors (Lipinski definition) is 4. The lowest BCUT2D eigenvalue weighted by Crippen LogP contribution is -2.13. The van der Waals surface area contributed by atoms with Crippen molar-refractivity contribution < 1.29 is 14.6 Å². The predicted octanol–water partition coefficient (Wildman–Crippen LogP) is 3.57. The number of esters is 1. The Bertz CT molecular complexity index is 469. The molecule has 1 aliphatic rings. The maximum absolute atomic E-state index is 11.4. The van der Waals surface area contributed by atoms with E-state index in [1.165, 1.54) is 7.11 Å². The number of methoxy groups -OCH3 is 1. The third kappa shape index (κ3) is 3.76. The molecule has 20 heavy (non-hydrogen) atoms. The molecule has 0 bridgehead atoms. The van der Waals surface area contributed by atoms with Gasteiger partial charge in [0.25, 0.3) is 0 Å². The maximum Gasteiger partial charge on any atom is 0.306 e. The number of rotatable bonds is 7. The fourth-order valence-electron chi connectivity index (χ4n) is 2.27. The molecule has 0 amide bonds. The highest BCUT2D eigenvalue weighted by molar-refractivity contribution is 7.99. The topological polar surface area (TPSA) is 46.5 Å². The number of aliphatic hydroxyl groups is 1. The molecule has 1 unspecified atom stereocenters. The van der Waals surface area contributed by atoms with Gasteiger partial charge in [-0.15, -0.1) is 11.8 Å². The third-order valence-electron chi connectivity index (χ3n) is 3.90. The maximum atomic E-state index is 11.4. The first-order valence-electron chi connectivity index (χ1n) is 7.07. The Hall–Kier alpha value is -1.00. The van der Waals surface area contributed by atoms with E-state index in [0.29, 0.717) is 12.8 Å². The molecule has 1 aliphatic carbocycles. The van der Waals surface area contributed by atoms with Crippen molar-refractivity contribution in [1.82, 2.24) is 0 Å². The molecule has 0 aliphatic heterocycles. The average Bonchev–Trinajstić information content (AvgIpc) is 3.24. The minimum absolute atomic E-state index is 0.113. The largest absolute Gasteiger partial charge is 0.469 e. The van der Waals surface area contributed by atoms with E-state index in [1.54, 1.807) is 11.8 Å². The van der Waals surface area contributed by atoms with Crippen LogP contribution in [0.1, 0.15) is 44.3 Å². The van der Waals surface area contributed by atoms with E-state index in [9.17, 15) is 9.90 Å². The lowest BCUT2D eigenvalue weighted by atomic mass is 10.1. The molecule has 2 rings (SSSR count). The van der Waals surface area contributed by atoms with Crippen LogP contribution >= 0.6 is 11.8 Å². The number of carbonyl (C=O) groups is 1. The molecule has 1 fully saturated rings. The van der Waals surface area contributed by atoms with Crippen LogP contribution in [0.15, 0.2) is 29.2 Å². The number of benzene rings is 1. The molecule has 1 aromatic carbocycles. The van der Waals surface area contributed by atoms with Crippen molar-refractivity contribution >= 4 is 17.7 Å². The third-order valence-corrected chi connectivity index (χ3v) is 5.34. The molecule has 0 radical (unpaired) electrons. The number of carbonyl (C=O) groups excluding carboxylic acids is 1. The van der Waals surface area contributed by atoms with E-state index in [4.69, 9.17) is 4.74 Å². The predicted molar refractivity (Wildman–Crippen MR) is 80.7 cm³/mol. The highest BCUT2D eigenvalue weighted by Crippen LogP contribution is 2.52. The fourth-order valence-corrected chi connectivity index (χ4v) is 3.66. The summed E-state index contributed by atoms with van der Waals surface area (Å²) in [6, 6.07) is 7.98. The number of ether oxygens (including phenoxy) is 1. The second kappa shape index (κ2) is 6.64. The minimum Gasteiger partial charge on any atom is -0.469 e. The first kappa shape index (κ1) is 15.4. The summed E-state index contributed by atoms with van der Waals surface area (Å²) >= 11 is 1.74. The zero-order valence-electron chi connectivity index (χ0n) is 12.1. The molecule has 4 heteroatoms. The van der Waals surface area contributed by atoms with Gasteiger partial charge in [-0.1, -0.05) is 25.1 Å². The van der Waals surface area contributed by atoms with Crippen LogP contribution in [0.5, 0.6) is 0 Å². The van der Waals surface area contributed by atoms with Gasteiger partial charge in [0.1, 0.15) is 0 Å². The molecule has 0 saturated heterocycles. The Morgan fingerprint density at radius 2 is 2.15 bits per heavy atom. The SMILES string of the molecule is CCC(O)c1ccccc1SCC1(CC(=O)OC)CC1. The molecular formula is C16H22O3S. The van der Waals surface area contributed by atoms with Crippen LogP contribution in [0.2, 0.25) is 0 Å². The van der Waals surface area contributed by atoms with Gasteiger partial charge >= 0.3 is 5.97 Å². The van der Waals surface area contributed by atoms with E-state index in [-0.39, 0.29) is 11.4 Å². The van der Waals surface area contributed by atoms with Crippen molar-refractivity contribution in [1.29, 1.82) is 0 Å².